The van der Waals surface area contributed by atoms with Crippen molar-refractivity contribution in [1.82, 2.24) is 10.2 Å². The Kier molecular flexibility index (Phi) is 8.60. The number of rotatable bonds is 8. The van der Waals surface area contributed by atoms with Crippen LogP contribution in [0.25, 0.3) is 0 Å². The van der Waals surface area contributed by atoms with Crippen molar-refractivity contribution in [3.8, 4) is 0 Å². The monoisotopic (exact) mass is 432 g/mol. The molecule has 0 bridgehead atoms. The Balaban J connectivity index is 2.07. The Hall–Kier alpha value is -1.98. The normalized spacial score (nSPS) is 12.3. The molecular weight excluding hydrogens is 404 g/mol. The van der Waals surface area contributed by atoms with Gasteiger partial charge in [0.2, 0.25) is 11.8 Å². The van der Waals surface area contributed by atoms with Crippen molar-refractivity contribution in [3.05, 3.63) is 65.2 Å². The number of benzene rings is 2. The number of carbonyl (C=O) groups excluding carboxylic acids is 2. The van der Waals surface area contributed by atoms with E-state index in [0.29, 0.717) is 18.0 Å². The highest BCUT2D eigenvalue weighted by Gasteiger charge is 2.28. The summed E-state index contributed by atoms with van der Waals surface area (Å²) >= 11 is 7.37. The Bertz CT molecular complexity index is 804. The quantitative estimate of drug-likeness (QED) is 0.609. The predicted molar refractivity (Wildman–Crippen MR) is 121 cm³/mol. The second-order valence-electron chi connectivity index (χ2n) is 7.98. The molecule has 2 aromatic rings. The van der Waals surface area contributed by atoms with Gasteiger partial charge in [-0.2, -0.15) is 0 Å². The molecule has 0 aliphatic carbocycles. The molecule has 0 aromatic heterocycles. The van der Waals surface area contributed by atoms with Crippen molar-refractivity contribution in [1.29, 1.82) is 0 Å². The molecule has 0 spiro atoms. The van der Waals surface area contributed by atoms with Crippen molar-refractivity contribution in [2.75, 3.05) is 12.3 Å². The zero-order valence-electron chi connectivity index (χ0n) is 17.4. The number of nitrogens with zero attached hydrogens (tertiary/aromatic N) is 1. The first kappa shape index (κ1) is 23.3. The van der Waals surface area contributed by atoms with Crippen LogP contribution < -0.4 is 5.32 Å². The molecule has 0 radical (unpaired) electrons. The van der Waals surface area contributed by atoms with Gasteiger partial charge in [0.15, 0.2) is 0 Å². The molecule has 1 atom stereocenters. The molecule has 6 heteroatoms. The van der Waals surface area contributed by atoms with Gasteiger partial charge in [0.25, 0.3) is 0 Å². The zero-order chi connectivity index (χ0) is 21.4. The summed E-state index contributed by atoms with van der Waals surface area (Å²) in [4.78, 5) is 28.4. The van der Waals surface area contributed by atoms with Crippen LogP contribution in [0.2, 0.25) is 5.02 Å². The summed E-state index contributed by atoms with van der Waals surface area (Å²) in [6.07, 6.45) is 0.700. The van der Waals surface area contributed by atoms with Crippen molar-refractivity contribution in [2.24, 2.45) is 0 Å². The van der Waals surface area contributed by atoms with Crippen molar-refractivity contribution < 1.29 is 9.59 Å². The lowest BCUT2D eigenvalue weighted by molar-refractivity contribution is -0.138. The maximum Gasteiger partial charge on any atom is 0.242 e. The van der Waals surface area contributed by atoms with E-state index in [9.17, 15) is 9.59 Å². The molecule has 0 aliphatic heterocycles. The summed E-state index contributed by atoms with van der Waals surface area (Å²) in [5.41, 5.74) is 0.788. The van der Waals surface area contributed by atoms with Gasteiger partial charge in [-0.05, 0) is 63.9 Å². The molecule has 1 N–H and O–H groups in total. The Labute approximate surface area is 183 Å². The van der Waals surface area contributed by atoms with Gasteiger partial charge < -0.3 is 10.2 Å². The Morgan fingerprint density at radius 1 is 1.07 bits per heavy atom. The molecule has 0 heterocycles. The molecule has 29 heavy (non-hydrogen) atoms. The standard InChI is InChI=1S/C23H29ClN2O2S/c1-17(22(28)25-23(2,3)4)26(15-14-18-8-6-5-7-9-18)21(27)16-29-20-12-10-19(24)11-13-20/h5-13,17H,14-16H2,1-4H3,(H,25,28)/t17-/m0/s1. The predicted octanol–water partition coefficient (Wildman–Crippen LogP) is 4.81. The second kappa shape index (κ2) is 10.7. The minimum absolute atomic E-state index is 0.0579. The van der Waals surface area contributed by atoms with Crippen molar-refractivity contribution >= 4 is 35.2 Å². The van der Waals surface area contributed by atoms with E-state index in [0.717, 1.165) is 10.5 Å². The molecule has 0 unspecified atom stereocenters. The van der Waals surface area contributed by atoms with E-state index in [1.54, 1.807) is 24.0 Å². The van der Waals surface area contributed by atoms with Crippen LogP contribution in [-0.2, 0) is 16.0 Å². The summed E-state index contributed by atoms with van der Waals surface area (Å²) in [6, 6.07) is 16.8. The van der Waals surface area contributed by atoms with Crippen LogP contribution in [0.3, 0.4) is 0 Å². The minimum Gasteiger partial charge on any atom is -0.350 e. The number of amides is 2. The fourth-order valence-corrected chi connectivity index (χ4v) is 3.71. The van der Waals surface area contributed by atoms with Gasteiger partial charge in [-0.3, -0.25) is 9.59 Å². The van der Waals surface area contributed by atoms with E-state index in [-0.39, 0.29) is 23.1 Å². The number of nitrogens with one attached hydrogen (secondary N) is 1. The number of hydrogen-bond acceptors (Lipinski definition) is 3. The average molecular weight is 433 g/mol. The maximum absolute atomic E-state index is 13.0. The molecule has 0 saturated carbocycles. The van der Waals surface area contributed by atoms with Crippen LogP contribution in [0.1, 0.15) is 33.3 Å². The Morgan fingerprint density at radius 3 is 2.28 bits per heavy atom. The van der Waals surface area contributed by atoms with Crippen LogP contribution in [0, 0.1) is 0 Å². The van der Waals surface area contributed by atoms with Gasteiger partial charge >= 0.3 is 0 Å². The van der Waals surface area contributed by atoms with Gasteiger partial charge in [0.05, 0.1) is 5.75 Å². The van der Waals surface area contributed by atoms with Gasteiger partial charge in [0, 0.05) is 22.0 Å². The van der Waals surface area contributed by atoms with E-state index >= 15 is 0 Å². The first-order valence-corrected chi connectivity index (χ1v) is 11.1. The summed E-state index contributed by atoms with van der Waals surface area (Å²) in [7, 11) is 0. The second-order valence-corrected chi connectivity index (χ2v) is 9.47. The average Bonchev–Trinajstić information content (AvgIpc) is 2.67. The largest absolute Gasteiger partial charge is 0.350 e. The fourth-order valence-electron chi connectivity index (χ4n) is 2.80. The van der Waals surface area contributed by atoms with E-state index in [1.165, 1.54) is 11.8 Å². The first-order valence-electron chi connectivity index (χ1n) is 9.69. The maximum atomic E-state index is 13.0. The molecule has 2 aromatic carbocycles. The van der Waals surface area contributed by atoms with Crippen molar-refractivity contribution in [3.63, 3.8) is 0 Å². The zero-order valence-corrected chi connectivity index (χ0v) is 19.0. The molecule has 0 saturated heterocycles. The minimum atomic E-state index is -0.545. The molecular formula is C23H29ClN2O2S. The highest BCUT2D eigenvalue weighted by atomic mass is 35.5. The third-order valence-electron chi connectivity index (χ3n) is 4.33. The molecule has 2 amide bonds. The summed E-state index contributed by atoms with van der Waals surface area (Å²) in [5, 5.41) is 3.64. The molecule has 2 rings (SSSR count). The Morgan fingerprint density at radius 2 is 1.69 bits per heavy atom. The van der Waals surface area contributed by atoms with E-state index in [4.69, 9.17) is 11.6 Å². The number of carbonyl (C=O) groups is 2. The van der Waals surface area contributed by atoms with E-state index < -0.39 is 6.04 Å². The SMILES string of the molecule is C[C@@H](C(=O)NC(C)(C)C)N(CCc1ccccc1)C(=O)CSc1ccc(Cl)cc1. The van der Waals surface area contributed by atoms with Gasteiger partial charge in [-0.1, -0.05) is 41.9 Å². The lowest BCUT2D eigenvalue weighted by atomic mass is 10.1. The van der Waals surface area contributed by atoms with Crippen LogP contribution in [0.5, 0.6) is 0 Å². The van der Waals surface area contributed by atoms with E-state index in [2.05, 4.69) is 5.32 Å². The van der Waals surface area contributed by atoms with Crippen LogP contribution >= 0.6 is 23.4 Å². The lowest BCUT2D eigenvalue weighted by Crippen LogP contribution is -2.53. The third-order valence-corrected chi connectivity index (χ3v) is 5.57. The van der Waals surface area contributed by atoms with Crippen LogP contribution in [-0.4, -0.2) is 40.6 Å². The summed E-state index contributed by atoms with van der Waals surface area (Å²) in [5.74, 6) is 0.0664. The molecule has 4 nitrogen and oxygen atoms in total. The lowest BCUT2D eigenvalue weighted by Gasteiger charge is -2.31. The number of hydrogen-bond donors (Lipinski definition) is 1. The number of halogens is 1. The van der Waals surface area contributed by atoms with Crippen molar-refractivity contribution in [2.45, 2.75) is 50.6 Å². The fraction of sp³-hybridized carbons (Fsp3) is 0.391. The smallest absolute Gasteiger partial charge is 0.242 e. The van der Waals surface area contributed by atoms with Crippen LogP contribution in [0.15, 0.2) is 59.5 Å². The molecule has 156 valence electrons. The molecule has 0 aliphatic rings. The molecule has 0 fully saturated rings. The van der Waals surface area contributed by atoms with Gasteiger partial charge in [0.1, 0.15) is 6.04 Å². The first-order chi connectivity index (χ1) is 13.7. The highest BCUT2D eigenvalue weighted by molar-refractivity contribution is 8.00. The van der Waals surface area contributed by atoms with Gasteiger partial charge in [-0.15, -0.1) is 11.8 Å². The van der Waals surface area contributed by atoms with Gasteiger partial charge in [-0.25, -0.2) is 0 Å². The van der Waals surface area contributed by atoms with E-state index in [1.807, 2.05) is 63.2 Å². The number of thioether (sulfide) groups is 1. The topological polar surface area (TPSA) is 49.4 Å². The summed E-state index contributed by atoms with van der Waals surface area (Å²) in [6.45, 7) is 8.08. The highest BCUT2D eigenvalue weighted by Crippen LogP contribution is 2.21. The third kappa shape index (κ3) is 8.11. The summed E-state index contributed by atoms with van der Waals surface area (Å²) < 4.78 is 0. The van der Waals surface area contributed by atoms with Crippen LogP contribution in [0.4, 0.5) is 0 Å².